The van der Waals surface area contributed by atoms with Gasteiger partial charge in [-0.15, -0.1) is 0 Å². The van der Waals surface area contributed by atoms with E-state index in [4.69, 9.17) is 5.73 Å². The minimum atomic E-state index is 0.122. The first kappa shape index (κ1) is 11.3. The molecule has 0 aliphatic heterocycles. The summed E-state index contributed by atoms with van der Waals surface area (Å²) < 4.78 is 0. The van der Waals surface area contributed by atoms with E-state index in [1.54, 1.807) is 6.20 Å². The summed E-state index contributed by atoms with van der Waals surface area (Å²) in [5.74, 6) is 1.26. The van der Waals surface area contributed by atoms with Crippen molar-refractivity contribution >= 4 is 11.6 Å². The molecule has 0 fully saturated rings. The zero-order valence-electron chi connectivity index (χ0n) is 9.88. The summed E-state index contributed by atoms with van der Waals surface area (Å²) in [6, 6.07) is 4.05. The molecule has 0 amide bonds. The molecule has 1 atom stereocenters. The molecule has 1 unspecified atom stereocenters. The van der Waals surface area contributed by atoms with Gasteiger partial charge in [0.15, 0.2) is 0 Å². The molecule has 0 aromatic carbocycles. The van der Waals surface area contributed by atoms with Crippen LogP contribution in [0.2, 0.25) is 0 Å². The molecule has 0 saturated carbocycles. The topological polar surface area (TPSA) is 76.7 Å². The average Bonchev–Trinajstić information content (AvgIpc) is 2.36. The molecule has 2 rings (SSSR count). The van der Waals surface area contributed by atoms with Gasteiger partial charge >= 0.3 is 0 Å². The molecule has 2 aromatic heterocycles. The highest BCUT2D eigenvalue weighted by molar-refractivity contribution is 5.54. The van der Waals surface area contributed by atoms with E-state index in [-0.39, 0.29) is 6.04 Å². The van der Waals surface area contributed by atoms with Crippen LogP contribution >= 0.6 is 0 Å². The van der Waals surface area contributed by atoms with Crippen LogP contribution in [0.4, 0.5) is 11.6 Å². The largest absolute Gasteiger partial charge is 0.383 e. The third-order valence-electron chi connectivity index (χ3n) is 2.66. The molecule has 0 bridgehead atoms. The van der Waals surface area contributed by atoms with Crippen molar-refractivity contribution < 1.29 is 0 Å². The summed E-state index contributed by atoms with van der Waals surface area (Å²) in [5, 5.41) is 3.30. The molecular weight excluding hydrogens is 214 g/mol. The summed E-state index contributed by atoms with van der Waals surface area (Å²) >= 11 is 0. The normalized spacial score (nSPS) is 12.1. The third-order valence-corrected chi connectivity index (χ3v) is 2.66. The predicted molar refractivity (Wildman–Crippen MR) is 67.5 cm³/mol. The Hall–Kier alpha value is -2.17. The maximum absolute atomic E-state index is 5.73. The fraction of sp³-hybridized carbons (Fsp3) is 0.250. The number of hydrogen-bond donors (Lipinski definition) is 2. The average molecular weight is 229 g/mol. The maximum Gasteiger partial charge on any atom is 0.134 e. The summed E-state index contributed by atoms with van der Waals surface area (Å²) in [5.41, 5.74) is 7.70. The van der Waals surface area contributed by atoms with Crippen LogP contribution < -0.4 is 11.1 Å². The van der Waals surface area contributed by atoms with E-state index < -0.39 is 0 Å². The molecule has 0 spiro atoms. The fourth-order valence-electron chi connectivity index (χ4n) is 1.53. The second kappa shape index (κ2) is 4.78. The molecular formula is C12H15N5. The Labute approximate surface area is 100 Å². The molecule has 88 valence electrons. The van der Waals surface area contributed by atoms with E-state index in [1.165, 1.54) is 6.33 Å². The van der Waals surface area contributed by atoms with Crippen molar-refractivity contribution in [2.24, 2.45) is 0 Å². The minimum absolute atomic E-state index is 0.122. The maximum atomic E-state index is 5.73. The lowest BCUT2D eigenvalue weighted by molar-refractivity contribution is 0.861. The van der Waals surface area contributed by atoms with Gasteiger partial charge in [-0.2, -0.15) is 0 Å². The second-order valence-electron chi connectivity index (χ2n) is 3.88. The van der Waals surface area contributed by atoms with E-state index in [9.17, 15) is 0 Å². The number of nitrogens with two attached hydrogens (primary N) is 1. The van der Waals surface area contributed by atoms with E-state index in [0.29, 0.717) is 5.82 Å². The molecule has 2 heterocycles. The van der Waals surface area contributed by atoms with Crippen LogP contribution in [0.15, 0.2) is 30.9 Å². The molecule has 17 heavy (non-hydrogen) atoms. The molecule has 0 aliphatic rings. The smallest absolute Gasteiger partial charge is 0.134 e. The van der Waals surface area contributed by atoms with Gasteiger partial charge in [0.25, 0.3) is 0 Å². The Morgan fingerprint density at radius 3 is 2.88 bits per heavy atom. The summed E-state index contributed by atoms with van der Waals surface area (Å²) in [4.78, 5) is 12.2. The SMILES string of the molecule is Cc1c(N)ncnc1NC(C)c1cccnc1. The Kier molecular flexibility index (Phi) is 3.18. The first-order valence-electron chi connectivity index (χ1n) is 5.42. The number of pyridine rings is 1. The number of nitrogens with one attached hydrogen (secondary N) is 1. The highest BCUT2D eigenvalue weighted by atomic mass is 15.1. The van der Waals surface area contributed by atoms with Gasteiger partial charge in [-0.25, -0.2) is 9.97 Å². The van der Waals surface area contributed by atoms with Crippen LogP contribution in [-0.2, 0) is 0 Å². The van der Waals surface area contributed by atoms with Gasteiger partial charge in [0.05, 0.1) is 6.04 Å². The van der Waals surface area contributed by atoms with Crippen molar-refractivity contribution in [2.45, 2.75) is 19.9 Å². The van der Waals surface area contributed by atoms with Crippen molar-refractivity contribution in [2.75, 3.05) is 11.1 Å². The van der Waals surface area contributed by atoms with Gasteiger partial charge in [0.2, 0.25) is 0 Å². The Bertz CT molecular complexity index is 498. The Morgan fingerprint density at radius 2 is 2.18 bits per heavy atom. The third kappa shape index (κ3) is 2.50. The molecule has 0 aliphatic carbocycles. The number of nitrogens with zero attached hydrogens (tertiary/aromatic N) is 3. The number of aromatic nitrogens is 3. The van der Waals surface area contributed by atoms with Crippen LogP contribution in [0, 0.1) is 6.92 Å². The zero-order valence-corrected chi connectivity index (χ0v) is 9.88. The van der Waals surface area contributed by atoms with Gasteiger partial charge in [-0.3, -0.25) is 4.98 Å². The number of rotatable bonds is 3. The quantitative estimate of drug-likeness (QED) is 0.841. The molecule has 3 N–H and O–H groups in total. The lowest BCUT2D eigenvalue weighted by Crippen LogP contribution is -2.10. The number of nitrogen functional groups attached to an aromatic ring is 1. The van der Waals surface area contributed by atoms with Gasteiger partial charge < -0.3 is 11.1 Å². The standard InChI is InChI=1S/C12H15N5/c1-8-11(13)15-7-16-12(8)17-9(2)10-4-3-5-14-6-10/h3-7,9H,1-2H3,(H3,13,15,16,17). The molecule has 5 nitrogen and oxygen atoms in total. The second-order valence-corrected chi connectivity index (χ2v) is 3.88. The van der Waals surface area contributed by atoms with Crippen LogP contribution in [0.5, 0.6) is 0 Å². The summed E-state index contributed by atoms with van der Waals surface area (Å²) in [6.07, 6.45) is 5.04. The number of anilines is 2. The van der Waals surface area contributed by atoms with Gasteiger partial charge in [0, 0.05) is 18.0 Å². The Morgan fingerprint density at radius 1 is 1.35 bits per heavy atom. The van der Waals surface area contributed by atoms with E-state index in [0.717, 1.165) is 16.9 Å². The first-order valence-corrected chi connectivity index (χ1v) is 5.42. The summed E-state index contributed by atoms with van der Waals surface area (Å²) in [6.45, 7) is 3.95. The van der Waals surface area contributed by atoms with Crippen molar-refractivity contribution in [3.63, 3.8) is 0 Å². The Balaban J connectivity index is 2.19. The summed E-state index contributed by atoms with van der Waals surface area (Å²) in [7, 11) is 0. The van der Waals surface area contributed by atoms with E-state index >= 15 is 0 Å². The number of hydrogen-bond acceptors (Lipinski definition) is 5. The molecule has 0 saturated heterocycles. The van der Waals surface area contributed by atoms with Crippen molar-refractivity contribution in [1.82, 2.24) is 15.0 Å². The van der Waals surface area contributed by atoms with Gasteiger partial charge in [-0.05, 0) is 25.5 Å². The molecule has 0 radical (unpaired) electrons. The van der Waals surface area contributed by atoms with Crippen LogP contribution in [-0.4, -0.2) is 15.0 Å². The van der Waals surface area contributed by atoms with Gasteiger partial charge in [-0.1, -0.05) is 6.07 Å². The zero-order chi connectivity index (χ0) is 12.3. The van der Waals surface area contributed by atoms with Crippen molar-refractivity contribution in [3.05, 3.63) is 42.0 Å². The molecule has 5 heteroatoms. The lowest BCUT2D eigenvalue weighted by Gasteiger charge is -2.16. The lowest BCUT2D eigenvalue weighted by atomic mass is 10.1. The van der Waals surface area contributed by atoms with Crippen molar-refractivity contribution in [1.29, 1.82) is 0 Å². The minimum Gasteiger partial charge on any atom is -0.383 e. The van der Waals surface area contributed by atoms with E-state index in [1.807, 2.05) is 25.3 Å². The monoisotopic (exact) mass is 229 g/mol. The van der Waals surface area contributed by atoms with Crippen LogP contribution in [0.3, 0.4) is 0 Å². The van der Waals surface area contributed by atoms with Crippen molar-refractivity contribution in [3.8, 4) is 0 Å². The van der Waals surface area contributed by atoms with Crippen LogP contribution in [0.25, 0.3) is 0 Å². The highest BCUT2D eigenvalue weighted by Crippen LogP contribution is 2.21. The predicted octanol–water partition coefficient (Wildman–Crippen LogP) is 1.94. The van der Waals surface area contributed by atoms with Crippen LogP contribution in [0.1, 0.15) is 24.1 Å². The fourth-order valence-corrected chi connectivity index (χ4v) is 1.53. The van der Waals surface area contributed by atoms with E-state index in [2.05, 4.69) is 27.2 Å². The van der Waals surface area contributed by atoms with Gasteiger partial charge in [0.1, 0.15) is 18.0 Å². The highest BCUT2D eigenvalue weighted by Gasteiger charge is 2.09. The first-order chi connectivity index (χ1) is 8.18. The molecule has 2 aromatic rings.